The largest absolute Gasteiger partial charge is 0.356 e. The fourth-order valence-electron chi connectivity index (χ4n) is 1.91. The first-order chi connectivity index (χ1) is 7.20. The van der Waals surface area contributed by atoms with Gasteiger partial charge < -0.3 is 4.90 Å². The first kappa shape index (κ1) is 10.2. The highest BCUT2D eigenvalue weighted by atomic mass is 15.3. The van der Waals surface area contributed by atoms with E-state index >= 15 is 0 Å². The van der Waals surface area contributed by atoms with Gasteiger partial charge in [-0.3, -0.25) is 5.43 Å². The maximum absolute atomic E-state index is 5.28. The molecule has 2 unspecified atom stereocenters. The maximum atomic E-state index is 5.28. The van der Waals surface area contributed by atoms with Crippen LogP contribution in [0.25, 0.3) is 0 Å². The van der Waals surface area contributed by atoms with Crippen molar-refractivity contribution in [3.8, 4) is 0 Å². The summed E-state index contributed by atoms with van der Waals surface area (Å²) >= 11 is 0. The predicted molar refractivity (Wildman–Crippen MR) is 60.4 cm³/mol. The summed E-state index contributed by atoms with van der Waals surface area (Å²) in [5.74, 6) is 8.14. The Morgan fingerprint density at radius 2 is 2.07 bits per heavy atom. The van der Waals surface area contributed by atoms with E-state index < -0.39 is 0 Å². The van der Waals surface area contributed by atoms with Gasteiger partial charge in [-0.1, -0.05) is 13.8 Å². The molecule has 3 N–H and O–H groups in total. The molecule has 1 aromatic heterocycles. The van der Waals surface area contributed by atoms with E-state index in [0.29, 0.717) is 17.8 Å². The highest BCUT2D eigenvalue weighted by molar-refractivity contribution is 5.43. The summed E-state index contributed by atoms with van der Waals surface area (Å²) in [5.41, 5.74) is 2.46. The summed E-state index contributed by atoms with van der Waals surface area (Å²) in [5, 5.41) is 0. The van der Waals surface area contributed by atoms with Crippen molar-refractivity contribution in [1.82, 2.24) is 9.97 Å². The molecule has 0 aromatic carbocycles. The van der Waals surface area contributed by atoms with Crippen LogP contribution in [-0.2, 0) is 0 Å². The second kappa shape index (κ2) is 4.02. The van der Waals surface area contributed by atoms with Crippen LogP contribution in [0.15, 0.2) is 12.3 Å². The zero-order chi connectivity index (χ0) is 10.8. The first-order valence-corrected chi connectivity index (χ1v) is 5.25. The Morgan fingerprint density at radius 1 is 1.40 bits per heavy atom. The SMILES string of the molecule is CC1CN(c2ccnc(NN)n2)CC1C. The van der Waals surface area contributed by atoms with Crippen molar-refractivity contribution in [1.29, 1.82) is 0 Å². The fraction of sp³-hybridized carbons (Fsp3) is 0.600. The lowest BCUT2D eigenvalue weighted by Gasteiger charge is -2.17. The molecule has 0 bridgehead atoms. The lowest BCUT2D eigenvalue weighted by Crippen LogP contribution is -2.22. The van der Waals surface area contributed by atoms with Crippen LogP contribution in [0.4, 0.5) is 11.8 Å². The predicted octanol–water partition coefficient (Wildman–Crippen LogP) is 0.854. The number of anilines is 2. The third kappa shape index (κ3) is 2.02. The molecule has 0 aliphatic carbocycles. The molecule has 0 spiro atoms. The van der Waals surface area contributed by atoms with E-state index in [0.717, 1.165) is 18.9 Å². The van der Waals surface area contributed by atoms with Gasteiger partial charge in [0.2, 0.25) is 5.95 Å². The van der Waals surface area contributed by atoms with Gasteiger partial charge in [-0.2, -0.15) is 4.98 Å². The number of hydrogen-bond acceptors (Lipinski definition) is 5. The normalized spacial score (nSPS) is 25.7. The second-order valence-electron chi connectivity index (χ2n) is 4.24. The molecule has 0 radical (unpaired) electrons. The van der Waals surface area contributed by atoms with Crippen LogP contribution in [0.3, 0.4) is 0 Å². The van der Waals surface area contributed by atoms with E-state index in [1.54, 1.807) is 6.20 Å². The topological polar surface area (TPSA) is 67.1 Å². The highest BCUT2D eigenvalue weighted by Gasteiger charge is 2.26. The van der Waals surface area contributed by atoms with Gasteiger partial charge in [0.25, 0.3) is 0 Å². The van der Waals surface area contributed by atoms with Gasteiger partial charge in [-0.05, 0) is 17.9 Å². The molecule has 0 saturated carbocycles. The molecule has 2 heterocycles. The summed E-state index contributed by atoms with van der Waals surface area (Å²) in [4.78, 5) is 10.6. The van der Waals surface area contributed by atoms with E-state index in [-0.39, 0.29) is 0 Å². The molecule has 82 valence electrons. The van der Waals surface area contributed by atoms with Crippen molar-refractivity contribution in [3.63, 3.8) is 0 Å². The molecule has 1 aliphatic rings. The summed E-state index contributed by atoms with van der Waals surface area (Å²) in [7, 11) is 0. The summed E-state index contributed by atoms with van der Waals surface area (Å²) < 4.78 is 0. The molecular weight excluding hydrogens is 190 g/mol. The summed E-state index contributed by atoms with van der Waals surface area (Å²) in [6.45, 7) is 6.66. The van der Waals surface area contributed by atoms with Crippen LogP contribution >= 0.6 is 0 Å². The summed E-state index contributed by atoms with van der Waals surface area (Å²) in [6.07, 6.45) is 1.73. The molecule has 1 aromatic rings. The van der Waals surface area contributed by atoms with Crippen molar-refractivity contribution < 1.29 is 0 Å². The van der Waals surface area contributed by atoms with Gasteiger partial charge in [-0.15, -0.1) is 0 Å². The molecule has 5 heteroatoms. The van der Waals surface area contributed by atoms with Crippen molar-refractivity contribution in [2.24, 2.45) is 17.7 Å². The van der Waals surface area contributed by atoms with Crippen LogP contribution in [0.5, 0.6) is 0 Å². The quantitative estimate of drug-likeness (QED) is 0.556. The van der Waals surface area contributed by atoms with E-state index in [1.165, 1.54) is 0 Å². The molecule has 2 rings (SSSR count). The number of nitrogens with zero attached hydrogens (tertiary/aromatic N) is 3. The number of hydrazine groups is 1. The van der Waals surface area contributed by atoms with Gasteiger partial charge in [0, 0.05) is 19.3 Å². The Balaban J connectivity index is 2.16. The molecular formula is C10H17N5. The lowest BCUT2D eigenvalue weighted by molar-refractivity contribution is 0.494. The number of hydrogen-bond donors (Lipinski definition) is 2. The van der Waals surface area contributed by atoms with Crippen molar-refractivity contribution in [3.05, 3.63) is 12.3 Å². The van der Waals surface area contributed by atoms with E-state index in [9.17, 15) is 0 Å². The van der Waals surface area contributed by atoms with E-state index in [1.807, 2.05) is 6.07 Å². The Bertz CT molecular complexity index is 330. The minimum atomic E-state index is 0.472. The standard InChI is InChI=1S/C10H17N5/c1-7-5-15(6-8(7)2)9-3-4-12-10(13-9)14-11/h3-4,7-8H,5-6,11H2,1-2H3,(H,12,13,14). The lowest BCUT2D eigenvalue weighted by atomic mass is 10.0. The fourth-order valence-corrected chi connectivity index (χ4v) is 1.91. The van der Waals surface area contributed by atoms with Crippen molar-refractivity contribution >= 4 is 11.8 Å². The monoisotopic (exact) mass is 207 g/mol. The molecule has 15 heavy (non-hydrogen) atoms. The molecule has 2 atom stereocenters. The molecule has 1 saturated heterocycles. The third-order valence-corrected chi connectivity index (χ3v) is 3.08. The van der Waals surface area contributed by atoms with Gasteiger partial charge in [-0.25, -0.2) is 10.8 Å². The number of aromatic nitrogens is 2. The van der Waals surface area contributed by atoms with E-state index in [4.69, 9.17) is 5.84 Å². The van der Waals surface area contributed by atoms with Gasteiger partial charge in [0.05, 0.1) is 0 Å². The Morgan fingerprint density at radius 3 is 2.67 bits per heavy atom. The highest BCUT2D eigenvalue weighted by Crippen LogP contribution is 2.26. The minimum Gasteiger partial charge on any atom is -0.356 e. The van der Waals surface area contributed by atoms with Crippen LogP contribution in [0.1, 0.15) is 13.8 Å². The first-order valence-electron chi connectivity index (χ1n) is 5.25. The molecule has 1 aliphatic heterocycles. The van der Waals surface area contributed by atoms with Gasteiger partial charge in [0.1, 0.15) is 5.82 Å². The maximum Gasteiger partial charge on any atom is 0.239 e. The smallest absolute Gasteiger partial charge is 0.239 e. The number of nitrogens with one attached hydrogen (secondary N) is 1. The van der Waals surface area contributed by atoms with Crippen molar-refractivity contribution in [2.75, 3.05) is 23.4 Å². The van der Waals surface area contributed by atoms with E-state index in [2.05, 4.69) is 34.1 Å². The molecule has 5 nitrogen and oxygen atoms in total. The zero-order valence-electron chi connectivity index (χ0n) is 9.14. The van der Waals surface area contributed by atoms with Gasteiger partial charge in [0.15, 0.2) is 0 Å². The minimum absolute atomic E-state index is 0.472. The van der Waals surface area contributed by atoms with Crippen LogP contribution in [-0.4, -0.2) is 23.1 Å². The van der Waals surface area contributed by atoms with Crippen molar-refractivity contribution in [2.45, 2.75) is 13.8 Å². The number of nitrogens with two attached hydrogens (primary N) is 1. The van der Waals surface area contributed by atoms with Crippen LogP contribution in [0, 0.1) is 11.8 Å². The Kier molecular flexibility index (Phi) is 2.73. The molecule has 0 amide bonds. The average molecular weight is 207 g/mol. The zero-order valence-corrected chi connectivity index (χ0v) is 9.14. The third-order valence-electron chi connectivity index (χ3n) is 3.08. The Labute approximate surface area is 89.7 Å². The number of nitrogen functional groups attached to an aromatic ring is 1. The van der Waals surface area contributed by atoms with Gasteiger partial charge >= 0.3 is 0 Å². The summed E-state index contributed by atoms with van der Waals surface area (Å²) in [6, 6.07) is 1.92. The molecule has 1 fully saturated rings. The Hall–Kier alpha value is -1.36. The second-order valence-corrected chi connectivity index (χ2v) is 4.24. The number of rotatable bonds is 2. The average Bonchev–Trinajstić information content (AvgIpc) is 2.59. The van der Waals surface area contributed by atoms with Crippen LogP contribution < -0.4 is 16.2 Å². The van der Waals surface area contributed by atoms with Crippen LogP contribution in [0.2, 0.25) is 0 Å².